The van der Waals surface area contributed by atoms with E-state index in [4.69, 9.17) is 16.7 Å². The first-order valence-electron chi connectivity index (χ1n) is 5.72. The monoisotopic (exact) mass is 300 g/mol. The summed E-state index contributed by atoms with van der Waals surface area (Å²) in [6.07, 6.45) is 0. The normalized spacial score (nSPS) is 12.0. The van der Waals surface area contributed by atoms with Crippen LogP contribution in [0.3, 0.4) is 0 Å². The number of nitro benzene ring substituents is 1. The van der Waals surface area contributed by atoms with E-state index in [9.17, 15) is 19.7 Å². The Labute approximate surface area is 119 Å². The average molecular weight is 301 g/mol. The summed E-state index contributed by atoms with van der Waals surface area (Å²) in [5, 5.41) is 22.0. The van der Waals surface area contributed by atoms with Gasteiger partial charge in [0.1, 0.15) is 11.6 Å². The Hall–Kier alpha value is -2.15. The Bertz CT molecular complexity index is 559. The molecule has 0 aromatic heterocycles. The molecule has 0 saturated heterocycles. The number of halogens is 1. The van der Waals surface area contributed by atoms with Gasteiger partial charge in [0.15, 0.2) is 0 Å². The van der Waals surface area contributed by atoms with Crippen molar-refractivity contribution >= 4 is 29.2 Å². The predicted octanol–water partition coefficient (Wildman–Crippen LogP) is 2.09. The van der Waals surface area contributed by atoms with Crippen molar-refractivity contribution in [2.45, 2.75) is 19.9 Å². The Morgan fingerprint density at radius 3 is 2.45 bits per heavy atom. The van der Waals surface area contributed by atoms with E-state index in [0.29, 0.717) is 0 Å². The topological polar surface area (TPSA) is 110 Å². The van der Waals surface area contributed by atoms with Crippen LogP contribution in [0.25, 0.3) is 0 Å². The first-order valence-corrected chi connectivity index (χ1v) is 6.10. The number of nitrogens with zero attached hydrogens (tertiary/aromatic N) is 1. The third kappa shape index (κ3) is 3.45. The third-order valence-corrected chi connectivity index (χ3v) is 2.95. The number of nitro groups is 1. The van der Waals surface area contributed by atoms with Gasteiger partial charge in [-0.1, -0.05) is 31.5 Å². The average Bonchev–Trinajstić information content (AvgIpc) is 2.34. The van der Waals surface area contributed by atoms with E-state index in [1.807, 2.05) is 0 Å². The van der Waals surface area contributed by atoms with Gasteiger partial charge in [-0.3, -0.25) is 14.9 Å². The van der Waals surface area contributed by atoms with Crippen molar-refractivity contribution in [1.82, 2.24) is 5.32 Å². The Morgan fingerprint density at radius 1 is 1.40 bits per heavy atom. The minimum absolute atomic E-state index is 0.107. The quantitative estimate of drug-likeness (QED) is 0.639. The number of carbonyl (C=O) groups is 2. The smallest absolute Gasteiger partial charge is 0.326 e. The van der Waals surface area contributed by atoms with Crippen molar-refractivity contribution in [3.63, 3.8) is 0 Å². The van der Waals surface area contributed by atoms with Gasteiger partial charge in [-0.05, 0) is 12.0 Å². The first kappa shape index (κ1) is 15.9. The number of hydrogen-bond acceptors (Lipinski definition) is 4. The minimum atomic E-state index is -1.22. The van der Waals surface area contributed by atoms with Crippen molar-refractivity contribution in [1.29, 1.82) is 0 Å². The molecule has 1 unspecified atom stereocenters. The molecule has 0 heterocycles. The lowest BCUT2D eigenvalue weighted by molar-refractivity contribution is -0.385. The van der Waals surface area contributed by atoms with Crippen LogP contribution in [-0.4, -0.2) is 27.9 Å². The van der Waals surface area contributed by atoms with Gasteiger partial charge in [-0.2, -0.15) is 0 Å². The number of carbonyl (C=O) groups excluding carboxylic acids is 1. The van der Waals surface area contributed by atoms with Gasteiger partial charge in [0.2, 0.25) is 0 Å². The maximum absolute atomic E-state index is 12.0. The van der Waals surface area contributed by atoms with Crippen molar-refractivity contribution in [2.24, 2.45) is 5.92 Å². The van der Waals surface area contributed by atoms with Crippen LogP contribution >= 0.6 is 11.6 Å². The number of benzene rings is 1. The van der Waals surface area contributed by atoms with E-state index < -0.39 is 28.5 Å². The molecular weight excluding hydrogens is 288 g/mol. The van der Waals surface area contributed by atoms with Crippen LogP contribution in [0.15, 0.2) is 18.2 Å². The van der Waals surface area contributed by atoms with Crippen molar-refractivity contribution in [3.05, 3.63) is 38.9 Å². The second-order valence-electron chi connectivity index (χ2n) is 4.42. The summed E-state index contributed by atoms with van der Waals surface area (Å²) in [7, 11) is 0. The fourth-order valence-corrected chi connectivity index (χ4v) is 1.87. The number of nitrogens with one attached hydrogen (secondary N) is 1. The van der Waals surface area contributed by atoms with E-state index in [-0.39, 0.29) is 16.5 Å². The summed E-state index contributed by atoms with van der Waals surface area (Å²) >= 11 is 5.80. The molecule has 20 heavy (non-hydrogen) atoms. The highest BCUT2D eigenvalue weighted by atomic mass is 35.5. The lowest BCUT2D eigenvalue weighted by Crippen LogP contribution is -2.44. The zero-order valence-electron chi connectivity index (χ0n) is 10.8. The van der Waals surface area contributed by atoms with E-state index >= 15 is 0 Å². The number of carboxylic acid groups (broad SMARTS) is 1. The molecule has 0 radical (unpaired) electrons. The number of hydrogen-bond donors (Lipinski definition) is 2. The Balaban J connectivity index is 3.15. The molecule has 0 saturated carbocycles. The van der Waals surface area contributed by atoms with Crippen LogP contribution in [0, 0.1) is 16.0 Å². The molecule has 0 aliphatic heterocycles. The molecule has 0 bridgehead atoms. The van der Waals surface area contributed by atoms with Crippen molar-refractivity contribution in [2.75, 3.05) is 0 Å². The van der Waals surface area contributed by atoms with Gasteiger partial charge in [0, 0.05) is 6.07 Å². The summed E-state index contributed by atoms with van der Waals surface area (Å²) in [5.74, 6) is -2.48. The largest absolute Gasteiger partial charge is 0.480 e. The summed E-state index contributed by atoms with van der Waals surface area (Å²) in [5.41, 5.74) is -0.811. The minimum Gasteiger partial charge on any atom is -0.480 e. The zero-order chi connectivity index (χ0) is 15.4. The number of amides is 1. The van der Waals surface area contributed by atoms with Crippen LogP contribution in [0.4, 0.5) is 5.69 Å². The molecule has 1 rings (SSSR count). The van der Waals surface area contributed by atoms with Gasteiger partial charge in [-0.25, -0.2) is 4.79 Å². The van der Waals surface area contributed by atoms with Crippen LogP contribution in [0.1, 0.15) is 24.2 Å². The standard InChI is InChI=1S/C12H13ClN2O5/c1-6(2)10(12(17)18)14-11(16)9-7(13)4-3-5-8(9)15(19)20/h3-6,10H,1-2H3,(H,14,16)(H,17,18). The van der Waals surface area contributed by atoms with Crippen molar-refractivity contribution in [3.8, 4) is 0 Å². The number of carboxylic acids is 1. The molecule has 0 fully saturated rings. The predicted molar refractivity (Wildman–Crippen MR) is 71.8 cm³/mol. The van der Waals surface area contributed by atoms with Gasteiger partial charge in [0.25, 0.3) is 11.6 Å². The fraction of sp³-hybridized carbons (Fsp3) is 0.333. The van der Waals surface area contributed by atoms with E-state index in [0.717, 1.165) is 6.07 Å². The molecule has 0 aliphatic rings. The highest BCUT2D eigenvalue weighted by Gasteiger charge is 2.29. The maximum Gasteiger partial charge on any atom is 0.326 e. The van der Waals surface area contributed by atoms with Crippen LogP contribution < -0.4 is 5.32 Å². The summed E-state index contributed by atoms with van der Waals surface area (Å²) in [6, 6.07) is 2.65. The molecular formula is C12H13ClN2O5. The first-order chi connectivity index (χ1) is 9.25. The second kappa shape index (κ2) is 6.33. The fourth-order valence-electron chi connectivity index (χ4n) is 1.62. The molecule has 7 nitrogen and oxygen atoms in total. The lowest BCUT2D eigenvalue weighted by Gasteiger charge is -2.18. The maximum atomic E-state index is 12.0. The molecule has 8 heteroatoms. The number of aliphatic carboxylic acids is 1. The summed E-state index contributed by atoms with van der Waals surface area (Å²) in [4.78, 5) is 33.2. The third-order valence-electron chi connectivity index (χ3n) is 2.63. The summed E-state index contributed by atoms with van der Waals surface area (Å²) in [6.45, 7) is 3.22. The van der Waals surface area contributed by atoms with E-state index in [1.54, 1.807) is 13.8 Å². The zero-order valence-corrected chi connectivity index (χ0v) is 11.5. The van der Waals surface area contributed by atoms with Gasteiger partial charge >= 0.3 is 5.97 Å². The molecule has 1 aromatic carbocycles. The van der Waals surface area contributed by atoms with Gasteiger partial charge in [0.05, 0.1) is 9.95 Å². The lowest BCUT2D eigenvalue weighted by atomic mass is 10.0. The SMILES string of the molecule is CC(C)C(NC(=O)c1c(Cl)cccc1[N+](=O)[O-])C(=O)O. The molecule has 0 aliphatic carbocycles. The van der Waals surface area contributed by atoms with Crippen LogP contribution in [-0.2, 0) is 4.79 Å². The van der Waals surface area contributed by atoms with Gasteiger partial charge < -0.3 is 10.4 Å². The second-order valence-corrected chi connectivity index (χ2v) is 4.83. The molecule has 2 N–H and O–H groups in total. The summed E-state index contributed by atoms with van der Waals surface area (Å²) < 4.78 is 0. The highest BCUT2D eigenvalue weighted by molar-refractivity contribution is 6.34. The number of rotatable bonds is 5. The molecule has 1 aromatic rings. The molecule has 0 spiro atoms. The Kier molecular flexibility index (Phi) is 5.04. The van der Waals surface area contributed by atoms with Crippen LogP contribution in [0.5, 0.6) is 0 Å². The van der Waals surface area contributed by atoms with Gasteiger partial charge in [-0.15, -0.1) is 0 Å². The molecule has 108 valence electrons. The Morgan fingerprint density at radius 2 is 2.00 bits per heavy atom. The van der Waals surface area contributed by atoms with Crippen molar-refractivity contribution < 1.29 is 19.6 Å². The highest BCUT2D eigenvalue weighted by Crippen LogP contribution is 2.26. The molecule has 1 atom stereocenters. The van der Waals surface area contributed by atoms with E-state index in [2.05, 4.69) is 5.32 Å². The van der Waals surface area contributed by atoms with E-state index in [1.165, 1.54) is 12.1 Å². The molecule has 1 amide bonds. The van der Waals surface area contributed by atoms with Crippen LogP contribution in [0.2, 0.25) is 5.02 Å².